The second-order valence-electron chi connectivity index (χ2n) is 9.75. The van der Waals surface area contributed by atoms with Crippen LogP contribution in [0.2, 0.25) is 0 Å². The molecule has 1 saturated heterocycles. The minimum absolute atomic E-state index is 0.0894. The lowest BCUT2D eigenvalue weighted by Gasteiger charge is -2.44. The average molecular weight is 456 g/mol. The van der Waals surface area contributed by atoms with Crippen LogP contribution in [0.3, 0.4) is 0 Å². The predicted molar refractivity (Wildman–Crippen MR) is 131 cm³/mol. The Kier molecular flexibility index (Phi) is 8.73. The van der Waals surface area contributed by atoms with E-state index < -0.39 is 0 Å². The molecule has 0 aliphatic carbocycles. The van der Waals surface area contributed by atoms with Gasteiger partial charge in [0.15, 0.2) is 0 Å². The van der Waals surface area contributed by atoms with Gasteiger partial charge in [0.2, 0.25) is 0 Å². The van der Waals surface area contributed by atoms with E-state index in [1.165, 1.54) is 12.1 Å². The van der Waals surface area contributed by atoms with E-state index in [2.05, 4.69) is 45.0 Å². The van der Waals surface area contributed by atoms with Crippen molar-refractivity contribution in [2.75, 3.05) is 13.7 Å². The summed E-state index contributed by atoms with van der Waals surface area (Å²) in [5.41, 5.74) is 1.95. The monoisotopic (exact) mass is 455 g/mol. The molecule has 2 atom stereocenters. The Balaban J connectivity index is 1.67. The van der Waals surface area contributed by atoms with Gasteiger partial charge in [-0.15, -0.1) is 0 Å². The molecule has 0 bridgehead atoms. The van der Waals surface area contributed by atoms with Gasteiger partial charge in [0.25, 0.3) is 0 Å². The zero-order chi connectivity index (χ0) is 24.0. The minimum atomic E-state index is -0.267. The number of likely N-dealkylation sites (tertiary alicyclic amines) is 1. The van der Waals surface area contributed by atoms with Crippen molar-refractivity contribution in [3.05, 3.63) is 65.5 Å². The first kappa shape index (κ1) is 25.0. The molecule has 33 heavy (non-hydrogen) atoms. The van der Waals surface area contributed by atoms with E-state index in [1.807, 2.05) is 29.2 Å². The first-order valence-corrected chi connectivity index (χ1v) is 12.0. The summed E-state index contributed by atoms with van der Waals surface area (Å²) in [7, 11) is 2.14. The van der Waals surface area contributed by atoms with Crippen molar-refractivity contribution in [3.63, 3.8) is 0 Å². The molecule has 2 unspecified atom stereocenters. The molecule has 0 saturated carbocycles. The summed E-state index contributed by atoms with van der Waals surface area (Å²) in [6.45, 7) is 10.2. The number of nitrogens with one attached hydrogen (secondary N) is 1. The molecule has 2 aromatic rings. The fourth-order valence-corrected chi connectivity index (χ4v) is 4.30. The van der Waals surface area contributed by atoms with Crippen molar-refractivity contribution in [2.24, 2.45) is 5.92 Å². The molecular weight excluding hydrogens is 417 g/mol. The normalized spacial score (nSPS) is 21.1. The number of hydrogen-bond acceptors (Lipinski definition) is 3. The summed E-state index contributed by atoms with van der Waals surface area (Å²) in [5, 5.41) is 3.10. The summed E-state index contributed by atoms with van der Waals surface area (Å²) in [6, 6.07) is 15.1. The Labute approximate surface area is 197 Å². The molecule has 2 aromatic carbocycles. The van der Waals surface area contributed by atoms with Crippen molar-refractivity contribution >= 4 is 6.03 Å². The van der Waals surface area contributed by atoms with Gasteiger partial charge in [0, 0.05) is 31.2 Å². The zero-order valence-corrected chi connectivity index (χ0v) is 20.6. The zero-order valence-electron chi connectivity index (χ0n) is 20.6. The Bertz CT molecular complexity index is 873. The SMILES string of the molecule is CC(C)COc1ccc(CNC(=O)N(Cc2ccc(F)cc2)C2CC(C)N(C)C(C)C2)cc1. The van der Waals surface area contributed by atoms with Crippen LogP contribution in [0.5, 0.6) is 5.75 Å². The standard InChI is InChI=1S/C27H38FN3O2/c1-19(2)18-33-26-12-8-22(9-13-26)16-29-27(32)31(17-23-6-10-24(28)11-7-23)25-14-20(3)30(5)21(4)15-25/h6-13,19-21,25H,14-18H2,1-5H3,(H,29,32). The van der Waals surface area contributed by atoms with Gasteiger partial charge in [-0.2, -0.15) is 0 Å². The Morgan fingerprint density at radius 3 is 2.21 bits per heavy atom. The molecule has 1 N–H and O–H groups in total. The second kappa shape index (κ2) is 11.5. The third kappa shape index (κ3) is 7.19. The summed E-state index contributed by atoms with van der Waals surface area (Å²) in [5.74, 6) is 1.05. The molecule has 0 aromatic heterocycles. The molecule has 0 spiro atoms. The van der Waals surface area contributed by atoms with E-state index in [4.69, 9.17) is 4.74 Å². The molecular formula is C27H38FN3O2. The average Bonchev–Trinajstić information content (AvgIpc) is 2.79. The highest BCUT2D eigenvalue weighted by Gasteiger charge is 2.34. The van der Waals surface area contributed by atoms with E-state index in [9.17, 15) is 9.18 Å². The molecule has 1 aliphatic rings. The molecule has 2 amide bonds. The quantitative estimate of drug-likeness (QED) is 0.576. The van der Waals surface area contributed by atoms with Gasteiger partial charge in [-0.25, -0.2) is 9.18 Å². The highest BCUT2D eigenvalue weighted by Crippen LogP contribution is 2.27. The lowest BCUT2D eigenvalue weighted by Crippen LogP contribution is -2.54. The fourth-order valence-electron chi connectivity index (χ4n) is 4.30. The summed E-state index contributed by atoms with van der Waals surface area (Å²) in [4.78, 5) is 17.6. The van der Waals surface area contributed by atoms with E-state index in [-0.39, 0.29) is 17.9 Å². The van der Waals surface area contributed by atoms with E-state index in [0.29, 0.717) is 37.7 Å². The van der Waals surface area contributed by atoms with Crippen molar-refractivity contribution < 1.29 is 13.9 Å². The largest absolute Gasteiger partial charge is 0.493 e. The molecule has 1 heterocycles. The fraction of sp³-hybridized carbons (Fsp3) is 0.519. The van der Waals surface area contributed by atoms with E-state index in [0.717, 1.165) is 29.7 Å². The molecule has 1 fully saturated rings. The number of ether oxygens (including phenoxy) is 1. The van der Waals surface area contributed by atoms with Crippen LogP contribution in [-0.4, -0.2) is 47.6 Å². The van der Waals surface area contributed by atoms with Crippen LogP contribution in [0.1, 0.15) is 51.7 Å². The van der Waals surface area contributed by atoms with Gasteiger partial charge in [-0.3, -0.25) is 0 Å². The lowest BCUT2D eigenvalue weighted by atomic mass is 9.92. The smallest absolute Gasteiger partial charge is 0.318 e. The maximum absolute atomic E-state index is 13.4. The van der Waals surface area contributed by atoms with Crippen molar-refractivity contribution in [1.82, 2.24) is 15.1 Å². The minimum Gasteiger partial charge on any atom is -0.493 e. The number of urea groups is 1. The number of rotatable bonds is 8. The number of benzene rings is 2. The number of piperidine rings is 1. The molecule has 3 rings (SSSR count). The third-order valence-electron chi connectivity index (χ3n) is 6.54. The number of halogens is 1. The highest BCUT2D eigenvalue weighted by molar-refractivity contribution is 5.74. The number of hydrogen-bond donors (Lipinski definition) is 1. The van der Waals surface area contributed by atoms with Gasteiger partial charge >= 0.3 is 6.03 Å². The van der Waals surface area contributed by atoms with Gasteiger partial charge < -0.3 is 19.9 Å². The van der Waals surface area contributed by atoms with Crippen LogP contribution in [0, 0.1) is 11.7 Å². The van der Waals surface area contributed by atoms with Crippen LogP contribution in [0.25, 0.3) is 0 Å². The molecule has 6 heteroatoms. The van der Waals surface area contributed by atoms with Crippen LogP contribution >= 0.6 is 0 Å². The van der Waals surface area contributed by atoms with E-state index in [1.54, 1.807) is 12.1 Å². The first-order chi connectivity index (χ1) is 15.7. The number of nitrogens with zero attached hydrogens (tertiary/aromatic N) is 2. The Morgan fingerprint density at radius 2 is 1.64 bits per heavy atom. The maximum atomic E-state index is 13.4. The lowest BCUT2D eigenvalue weighted by molar-refractivity contribution is 0.0637. The third-order valence-corrected chi connectivity index (χ3v) is 6.54. The van der Waals surface area contributed by atoms with Crippen molar-refractivity contribution in [2.45, 2.75) is 71.8 Å². The summed E-state index contributed by atoms with van der Waals surface area (Å²) in [6.07, 6.45) is 1.83. The van der Waals surface area contributed by atoms with Gasteiger partial charge in [-0.1, -0.05) is 38.1 Å². The Hall–Kier alpha value is -2.60. The summed E-state index contributed by atoms with van der Waals surface area (Å²) >= 11 is 0. The first-order valence-electron chi connectivity index (χ1n) is 12.0. The van der Waals surface area contributed by atoms with Crippen LogP contribution < -0.4 is 10.1 Å². The number of carbonyl (C=O) groups excluding carboxylic acids is 1. The predicted octanol–water partition coefficient (Wildman–Crippen LogP) is 5.44. The number of carbonyl (C=O) groups is 1. The Morgan fingerprint density at radius 1 is 1.06 bits per heavy atom. The van der Waals surface area contributed by atoms with Crippen LogP contribution in [0.15, 0.2) is 48.5 Å². The summed E-state index contributed by atoms with van der Waals surface area (Å²) < 4.78 is 19.1. The molecule has 5 nitrogen and oxygen atoms in total. The van der Waals surface area contributed by atoms with Crippen LogP contribution in [0.4, 0.5) is 9.18 Å². The highest BCUT2D eigenvalue weighted by atomic mass is 19.1. The maximum Gasteiger partial charge on any atom is 0.318 e. The van der Waals surface area contributed by atoms with E-state index >= 15 is 0 Å². The topological polar surface area (TPSA) is 44.8 Å². The van der Waals surface area contributed by atoms with Gasteiger partial charge in [0.1, 0.15) is 11.6 Å². The molecule has 180 valence electrons. The van der Waals surface area contributed by atoms with Crippen LogP contribution in [-0.2, 0) is 13.1 Å². The molecule has 1 aliphatic heterocycles. The van der Waals surface area contributed by atoms with Crippen molar-refractivity contribution in [3.8, 4) is 5.75 Å². The van der Waals surface area contributed by atoms with Gasteiger partial charge in [-0.05, 0) is 75.0 Å². The number of amides is 2. The second-order valence-corrected chi connectivity index (χ2v) is 9.75. The molecule has 0 radical (unpaired) electrons. The van der Waals surface area contributed by atoms with Crippen molar-refractivity contribution in [1.29, 1.82) is 0 Å². The van der Waals surface area contributed by atoms with Gasteiger partial charge in [0.05, 0.1) is 6.61 Å².